The molecule has 2 N–H and O–H groups in total. The molecule has 2 nitrogen and oxygen atoms in total. The van der Waals surface area contributed by atoms with Crippen molar-refractivity contribution in [1.82, 2.24) is 4.90 Å². The topological polar surface area (TPSA) is 29.3 Å². The zero-order valence-electron chi connectivity index (χ0n) is 11.9. The smallest absolute Gasteiger partial charge is 0.0250 e. The van der Waals surface area contributed by atoms with Gasteiger partial charge in [0.2, 0.25) is 0 Å². The number of likely N-dealkylation sites (N-methyl/N-ethyl adjacent to an activating group) is 1. The molecule has 0 bridgehead atoms. The van der Waals surface area contributed by atoms with Crippen molar-refractivity contribution in [2.75, 3.05) is 7.05 Å². The fourth-order valence-corrected chi connectivity index (χ4v) is 3.05. The molecule has 100 valence electrons. The van der Waals surface area contributed by atoms with E-state index in [0.29, 0.717) is 12.1 Å². The average Bonchev–Trinajstić information content (AvgIpc) is 2.35. The molecule has 3 atom stereocenters. The molecule has 1 aromatic rings. The van der Waals surface area contributed by atoms with Crippen LogP contribution >= 0.6 is 0 Å². The van der Waals surface area contributed by atoms with E-state index in [1.54, 1.807) is 0 Å². The highest BCUT2D eigenvalue weighted by Crippen LogP contribution is 2.27. The third kappa shape index (κ3) is 3.12. The SMILES string of the molecule is Cc1ccccc1CN(C)C1CC(C)CCC1N. The molecule has 1 aliphatic carbocycles. The van der Waals surface area contributed by atoms with E-state index < -0.39 is 0 Å². The molecule has 1 aliphatic rings. The number of aryl methyl sites for hydroxylation is 1. The molecule has 0 heterocycles. The molecule has 3 unspecified atom stereocenters. The van der Waals surface area contributed by atoms with E-state index in [0.717, 1.165) is 12.5 Å². The van der Waals surface area contributed by atoms with Crippen LogP contribution in [0.25, 0.3) is 0 Å². The van der Waals surface area contributed by atoms with Crippen LogP contribution in [0.1, 0.15) is 37.3 Å². The largest absolute Gasteiger partial charge is 0.326 e. The first-order chi connectivity index (χ1) is 8.58. The maximum Gasteiger partial charge on any atom is 0.0250 e. The molecule has 18 heavy (non-hydrogen) atoms. The average molecular weight is 246 g/mol. The molecule has 1 fully saturated rings. The van der Waals surface area contributed by atoms with Crippen molar-refractivity contribution >= 4 is 0 Å². The van der Waals surface area contributed by atoms with Crippen LogP contribution in [0.5, 0.6) is 0 Å². The third-order valence-corrected chi connectivity index (χ3v) is 4.38. The van der Waals surface area contributed by atoms with Gasteiger partial charge < -0.3 is 5.73 Å². The predicted octanol–water partition coefficient (Wildman–Crippen LogP) is 2.94. The van der Waals surface area contributed by atoms with Crippen molar-refractivity contribution < 1.29 is 0 Å². The highest BCUT2D eigenvalue weighted by Gasteiger charge is 2.28. The minimum atomic E-state index is 0.343. The molecular weight excluding hydrogens is 220 g/mol. The van der Waals surface area contributed by atoms with Gasteiger partial charge in [-0.15, -0.1) is 0 Å². The minimum Gasteiger partial charge on any atom is -0.326 e. The summed E-state index contributed by atoms with van der Waals surface area (Å²) in [6, 6.07) is 9.52. The Morgan fingerprint density at radius 1 is 1.28 bits per heavy atom. The summed E-state index contributed by atoms with van der Waals surface area (Å²) >= 11 is 0. The standard InChI is InChI=1S/C16H26N2/c1-12-8-9-15(17)16(10-12)18(3)11-14-7-5-4-6-13(14)2/h4-7,12,15-16H,8-11,17H2,1-3H3. The molecule has 2 rings (SSSR count). The van der Waals surface area contributed by atoms with E-state index in [-0.39, 0.29) is 0 Å². The molecule has 0 aromatic heterocycles. The summed E-state index contributed by atoms with van der Waals surface area (Å²) in [6.07, 6.45) is 3.70. The van der Waals surface area contributed by atoms with Crippen LogP contribution in [0.15, 0.2) is 24.3 Å². The van der Waals surface area contributed by atoms with E-state index in [1.165, 1.54) is 30.4 Å². The predicted molar refractivity (Wildman–Crippen MR) is 77.4 cm³/mol. The van der Waals surface area contributed by atoms with E-state index in [1.807, 2.05) is 0 Å². The second-order valence-corrected chi connectivity index (χ2v) is 5.99. The van der Waals surface area contributed by atoms with Gasteiger partial charge in [-0.2, -0.15) is 0 Å². The van der Waals surface area contributed by atoms with E-state index in [2.05, 4.69) is 50.1 Å². The second kappa shape index (κ2) is 5.85. The summed E-state index contributed by atoms with van der Waals surface area (Å²) in [5, 5.41) is 0. The second-order valence-electron chi connectivity index (χ2n) is 5.99. The molecule has 1 aromatic carbocycles. The Bertz CT molecular complexity index is 388. The van der Waals surface area contributed by atoms with Gasteiger partial charge in [-0.05, 0) is 50.3 Å². The molecule has 0 spiro atoms. The first-order valence-corrected chi connectivity index (χ1v) is 7.08. The van der Waals surface area contributed by atoms with Crippen LogP contribution in [0.4, 0.5) is 0 Å². The summed E-state index contributed by atoms with van der Waals surface area (Å²) in [7, 11) is 2.22. The van der Waals surface area contributed by atoms with Crippen LogP contribution in [-0.4, -0.2) is 24.0 Å². The molecule has 0 saturated heterocycles. The Morgan fingerprint density at radius 2 is 2.00 bits per heavy atom. The lowest BCUT2D eigenvalue weighted by molar-refractivity contribution is 0.136. The van der Waals surface area contributed by atoms with E-state index >= 15 is 0 Å². The van der Waals surface area contributed by atoms with Crippen LogP contribution in [0, 0.1) is 12.8 Å². The summed E-state index contributed by atoms with van der Waals surface area (Å²) in [5.74, 6) is 0.814. The monoisotopic (exact) mass is 246 g/mol. The third-order valence-electron chi connectivity index (χ3n) is 4.38. The van der Waals surface area contributed by atoms with Gasteiger partial charge in [-0.25, -0.2) is 0 Å². The first kappa shape index (κ1) is 13.6. The van der Waals surface area contributed by atoms with Crippen LogP contribution in [0.3, 0.4) is 0 Å². The molecule has 2 heteroatoms. The van der Waals surface area contributed by atoms with Gasteiger partial charge in [0.05, 0.1) is 0 Å². The highest BCUT2D eigenvalue weighted by molar-refractivity contribution is 5.25. The Hall–Kier alpha value is -0.860. The summed E-state index contributed by atoms with van der Waals surface area (Å²) in [5.41, 5.74) is 9.09. The van der Waals surface area contributed by atoms with Gasteiger partial charge in [0, 0.05) is 18.6 Å². The lowest BCUT2D eigenvalue weighted by atomic mass is 9.83. The van der Waals surface area contributed by atoms with Gasteiger partial charge in [0.15, 0.2) is 0 Å². The Kier molecular flexibility index (Phi) is 4.41. The number of hydrogen-bond acceptors (Lipinski definition) is 2. The first-order valence-electron chi connectivity index (χ1n) is 7.08. The highest BCUT2D eigenvalue weighted by atomic mass is 15.1. The number of hydrogen-bond donors (Lipinski definition) is 1. The lowest BCUT2D eigenvalue weighted by Crippen LogP contribution is -2.49. The summed E-state index contributed by atoms with van der Waals surface area (Å²) in [4.78, 5) is 2.45. The summed E-state index contributed by atoms with van der Waals surface area (Å²) in [6.45, 7) is 5.55. The Labute approximate surface area is 111 Å². The van der Waals surface area contributed by atoms with Gasteiger partial charge in [0.25, 0.3) is 0 Å². The van der Waals surface area contributed by atoms with Crippen molar-refractivity contribution in [3.8, 4) is 0 Å². The number of nitrogens with two attached hydrogens (primary N) is 1. The van der Waals surface area contributed by atoms with E-state index in [4.69, 9.17) is 5.73 Å². The molecule has 0 amide bonds. The fraction of sp³-hybridized carbons (Fsp3) is 0.625. The quantitative estimate of drug-likeness (QED) is 0.888. The van der Waals surface area contributed by atoms with Gasteiger partial charge in [-0.1, -0.05) is 31.2 Å². The van der Waals surface area contributed by atoms with Crippen LogP contribution < -0.4 is 5.73 Å². The molecule has 0 aliphatic heterocycles. The number of rotatable bonds is 3. The number of nitrogens with zero attached hydrogens (tertiary/aromatic N) is 1. The van der Waals surface area contributed by atoms with Gasteiger partial charge in [0.1, 0.15) is 0 Å². The zero-order chi connectivity index (χ0) is 13.1. The molecule has 0 radical (unpaired) electrons. The van der Waals surface area contributed by atoms with Crippen molar-refractivity contribution in [3.63, 3.8) is 0 Å². The van der Waals surface area contributed by atoms with Crippen molar-refractivity contribution in [2.45, 2.75) is 51.7 Å². The fourth-order valence-electron chi connectivity index (χ4n) is 3.05. The zero-order valence-corrected chi connectivity index (χ0v) is 11.9. The van der Waals surface area contributed by atoms with Crippen molar-refractivity contribution in [3.05, 3.63) is 35.4 Å². The summed E-state index contributed by atoms with van der Waals surface area (Å²) < 4.78 is 0. The maximum absolute atomic E-state index is 6.29. The number of benzene rings is 1. The van der Waals surface area contributed by atoms with Crippen LogP contribution in [0.2, 0.25) is 0 Å². The van der Waals surface area contributed by atoms with Crippen LogP contribution in [-0.2, 0) is 6.54 Å². The lowest BCUT2D eigenvalue weighted by Gasteiger charge is -2.38. The Morgan fingerprint density at radius 3 is 2.72 bits per heavy atom. The normalized spacial score (nSPS) is 28.6. The van der Waals surface area contributed by atoms with Crippen molar-refractivity contribution in [2.24, 2.45) is 11.7 Å². The van der Waals surface area contributed by atoms with Crippen molar-refractivity contribution in [1.29, 1.82) is 0 Å². The van der Waals surface area contributed by atoms with Gasteiger partial charge in [-0.3, -0.25) is 4.90 Å². The van der Waals surface area contributed by atoms with Gasteiger partial charge >= 0.3 is 0 Å². The molecular formula is C16H26N2. The van der Waals surface area contributed by atoms with E-state index in [9.17, 15) is 0 Å². The minimum absolute atomic E-state index is 0.343. The maximum atomic E-state index is 6.29. The Balaban J connectivity index is 2.03. The molecule has 1 saturated carbocycles.